The number of rotatable bonds is 5. The number of carbonyl (C=O) groups is 1. The normalized spacial score (nSPS) is 17.0. The highest BCUT2D eigenvalue weighted by atomic mass is 19.4. The predicted molar refractivity (Wildman–Crippen MR) is 84.9 cm³/mol. The van der Waals surface area contributed by atoms with Gasteiger partial charge in [-0.3, -0.25) is 0 Å². The summed E-state index contributed by atoms with van der Waals surface area (Å²) < 4.78 is 49.6. The Morgan fingerprint density at radius 2 is 2.08 bits per heavy atom. The van der Waals surface area contributed by atoms with Gasteiger partial charge in [0.25, 0.3) is 0 Å². The predicted octanol–water partition coefficient (Wildman–Crippen LogP) is 4.02. The molecule has 0 radical (unpaired) electrons. The molecule has 0 saturated carbocycles. The fourth-order valence-corrected chi connectivity index (χ4v) is 2.24. The Hall–Kier alpha value is -2.18. The summed E-state index contributed by atoms with van der Waals surface area (Å²) in [6.45, 7) is 6.26. The monoisotopic (exact) mass is 343 g/mol. The number of alkyl halides is 3. The number of esters is 1. The highest BCUT2D eigenvalue weighted by molar-refractivity contribution is 5.96. The molecule has 0 spiro atoms. The number of anilines is 1. The molecule has 0 amide bonds. The first-order valence-corrected chi connectivity index (χ1v) is 7.72. The molecule has 4 nitrogen and oxygen atoms in total. The number of fused-ring (bicyclic) bond motifs is 1. The second kappa shape index (κ2) is 7.15. The van der Waals surface area contributed by atoms with E-state index in [0.717, 1.165) is 0 Å². The number of carbonyl (C=O) groups excluding carboxylic acids is 1. The number of hydrogen-bond donors (Lipinski definition) is 1. The zero-order chi connectivity index (χ0) is 17.9. The number of nitrogens with one attached hydrogen (secondary N) is 1. The number of hydrogen-bond acceptors (Lipinski definition) is 4. The molecule has 7 heteroatoms. The van der Waals surface area contributed by atoms with E-state index in [0.29, 0.717) is 23.7 Å². The van der Waals surface area contributed by atoms with Gasteiger partial charge in [-0.25, -0.2) is 4.79 Å². The minimum atomic E-state index is -4.71. The van der Waals surface area contributed by atoms with E-state index in [1.807, 2.05) is 13.8 Å². The van der Waals surface area contributed by atoms with Crippen molar-refractivity contribution >= 4 is 17.7 Å². The fourth-order valence-electron chi connectivity index (χ4n) is 2.24. The van der Waals surface area contributed by atoms with Gasteiger partial charge in [-0.15, -0.1) is 0 Å². The Morgan fingerprint density at radius 1 is 1.38 bits per heavy atom. The van der Waals surface area contributed by atoms with Crippen LogP contribution in [0.2, 0.25) is 0 Å². The van der Waals surface area contributed by atoms with Crippen LogP contribution in [0.25, 0.3) is 6.08 Å². The third-order valence-corrected chi connectivity index (χ3v) is 3.37. The lowest BCUT2D eigenvalue weighted by molar-refractivity contribution is -0.187. The van der Waals surface area contributed by atoms with Crippen molar-refractivity contribution in [3.8, 4) is 5.75 Å². The van der Waals surface area contributed by atoms with Gasteiger partial charge in [-0.05, 0) is 31.1 Å². The molecule has 2 rings (SSSR count). The van der Waals surface area contributed by atoms with Crippen LogP contribution in [0.15, 0.2) is 23.8 Å². The van der Waals surface area contributed by atoms with Crippen LogP contribution in [-0.2, 0) is 9.53 Å². The van der Waals surface area contributed by atoms with Gasteiger partial charge in [0.05, 0.1) is 12.2 Å². The average Bonchev–Trinajstić information content (AvgIpc) is 2.50. The second-order valence-corrected chi connectivity index (χ2v) is 5.89. The molecule has 1 heterocycles. The summed E-state index contributed by atoms with van der Waals surface area (Å²) in [6, 6.07) is 4.86. The van der Waals surface area contributed by atoms with Crippen LogP contribution in [0.5, 0.6) is 5.75 Å². The summed E-state index contributed by atoms with van der Waals surface area (Å²) in [4.78, 5) is 11.8. The molecule has 0 saturated heterocycles. The Balaban J connectivity index is 2.35. The van der Waals surface area contributed by atoms with Crippen molar-refractivity contribution in [1.82, 2.24) is 0 Å². The van der Waals surface area contributed by atoms with E-state index in [2.05, 4.69) is 5.32 Å². The van der Waals surface area contributed by atoms with Gasteiger partial charge in [0.1, 0.15) is 5.75 Å². The summed E-state index contributed by atoms with van der Waals surface area (Å²) in [5.41, 5.74) is 0.532. The standard InChI is InChI=1S/C17H20F3NO3/c1-4-23-16(22)13-7-11-5-6-12(21-9-10(2)3)8-14(11)24-15(13)17(18,19)20/h5-8,10,15,21H,4,9H2,1-3H3. The highest BCUT2D eigenvalue weighted by Crippen LogP contribution is 2.38. The van der Waals surface area contributed by atoms with Gasteiger partial charge >= 0.3 is 12.1 Å². The smallest absolute Gasteiger partial charge is 0.430 e. The van der Waals surface area contributed by atoms with Crippen molar-refractivity contribution in [3.05, 3.63) is 29.3 Å². The molecule has 24 heavy (non-hydrogen) atoms. The molecule has 132 valence electrons. The maximum Gasteiger partial charge on any atom is 0.430 e. The SMILES string of the molecule is CCOC(=O)C1=Cc2ccc(NCC(C)C)cc2OC1C(F)(F)F. The van der Waals surface area contributed by atoms with Gasteiger partial charge in [-0.1, -0.05) is 13.8 Å². The minimum absolute atomic E-state index is 0.00827. The summed E-state index contributed by atoms with van der Waals surface area (Å²) in [6.07, 6.45) is -5.86. The molecule has 1 aliphatic heterocycles. The van der Waals surface area contributed by atoms with Crippen molar-refractivity contribution in [1.29, 1.82) is 0 Å². The fraction of sp³-hybridized carbons (Fsp3) is 0.471. The number of halogens is 3. The number of benzene rings is 1. The lowest BCUT2D eigenvalue weighted by Crippen LogP contribution is -2.40. The lowest BCUT2D eigenvalue weighted by atomic mass is 10.0. The van der Waals surface area contributed by atoms with Crippen LogP contribution in [0, 0.1) is 5.92 Å². The van der Waals surface area contributed by atoms with Crippen molar-refractivity contribution < 1.29 is 27.4 Å². The molecule has 1 N–H and O–H groups in total. The Morgan fingerprint density at radius 3 is 2.67 bits per heavy atom. The number of ether oxygens (including phenoxy) is 2. The van der Waals surface area contributed by atoms with Crippen molar-refractivity contribution in [3.63, 3.8) is 0 Å². The molecule has 0 fully saturated rings. The Bertz CT molecular complexity index is 638. The minimum Gasteiger partial charge on any atom is -0.475 e. The van der Waals surface area contributed by atoms with Crippen molar-refractivity contribution in [2.75, 3.05) is 18.5 Å². The largest absolute Gasteiger partial charge is 0.475 e. The topological polar surface area (TPSA) is 47.6 Å². The van der Waals surface area contributed by atoms with Gasteiger partial charge < -0.3 is 14.8 Å². The van der Waals surface area contributed by atoms with E-state index < -0.39 is 23.8 Å². The van der Waals surface area contributed by atoms with E-state index >= 15 is 0 Å². The first kappa shape index (κ1) is 18.2. The average molecular weight is 343 g/mol. The van der Waals surface area contributed by atoms with Gasteiger partial charge in [-0.2, -0.15) is 13.2 Å². The second-order valence-electron chi connectivity index (χ2n) is 5.89. The maximum atomic E-state index is 13.3. The zero-order valence-electron chi connectivity index (χ0n) is 13.7. The summed E-state index contributed by atoms with van der Waals surface area (Å²) in [5, 5.41) is 3.13. The molecule has 1 atom stereocenters. The first-order chi connectivity index (χ1) is 11.2. The molecule has 0 bridgehead atoms. The molecule has 1 aliphatic rings. The van der Waals surface area contributed by atoms with Gasteiger partial charge in [0.15, 0.2) is 0 Å². The molecule has 1 unspecified atom stereocenters. The third-order valence-electron chi connectivity index (χ3n) is 3.37. The summed E-state index contributed by atoms with van der Waals surface area (Å²) in [7, 11) is 0. The summed E-state index contributed by atoms with van der Waals surface area (Å²) >= 11 is 0. The third kappa shape index (κ3) is 4.21. The zero-order valence-corrected chi connectivity index (χ0v) is 13.7. The van der Waals surface area contributed by atoms with Crippen molar-refractivity contribution in [2.45, 2.75) is 33.1 Å². The van der Waals surface area contributed by atoms with E-state index in [1.54, 1.807) is 12.1 Å². The van der Waals surface area contributed by atoms with Gasteiger partial charge in [0, 0.05) is 23.9 Å². The Labute approximate surface area is 138 Å². The summed E-state index contributed by atoms with van der Waals surface area (Å²) in [5.74, 6) is -0.549. The van der Waals surface area contributed by atoms with E-state index in [-0.39, 0.29) is 12.4 Å². The highest BCUT2D eigenvalue weighted by Gasteiger charge is 2.48. The van der Waals surface area contributed by atoms with Crippen LogP contribution in [0.1, 0.15) is 26.3 Å². The molecule has 1 aromatic rings. The Kier molecular flexibility index (Phi) is 5.41. The molecule has 0 aromatic heterocycles. The van der Waals surface area contributed by atoms with Crippen LogP contribution >= 0.6 is 0 Å². The first-order valence-electron chi connectivity index (χ1n) is 7.72. The van der Waals surface area contributed by atoms with Crippen LogP contribution in [0.3, 0.4) is 0 Å². The van der Waals surface area contributed by atoms with Crippen LogP contribution < -0.4 is 10.1 Å². The van der Waals surface area contributed by atoms with E-state index in [4.69, 9.17) is 9.47 Å². The van der Waals surface area contributed by atoms with Crippen molar-refractivity contribution in [2.24, 2.45) is 5.92 Å². The van der Waals surface area contributed by atoms with E-state index in [9.17, 15) is 18.0 Å². The molecule has 1 aromatic carbocycles. The lowest BCUT2D eigenvalue weighted by Gasteiger charge is -2.28. The molecular formula is C17H20F3NO3. The van der Waals surface area contributed by atoms with Crippen LogP contribution in [0.4, 0.5) is 18.9 Å². The molecule has 0 aliphatic carbocycles. The quantitative estimate of drug-likeness (QED) is 0.820. The van der Waals surface area contributed by atoms with Crippen LogP contribution in [-0.4, -0.2) is 31.4 Å². The van der Waals surface area contributed by atoms with Gasteiger partial charge in [0.2, 0.25) is 6.10 Å². The van der Waals surface area contributed by atoms with E-state index in [1.165, 1.54) is 19.1 Å². The maximum absolute atomic E-state index is 13.3. The molecular weight excluding hydrogens is 323 g/mol.